The lowest BCUT2D eigenvalue weighted by Gasteiger charge is -2.60. The van der Waals surface area contributed by atoms with Gasteiger partial charge in [0.25, 0.3) is 0 Å². The van der Waals surface area contributed by atoms with E-state index < -0.39 is 0 Å². The standard InChI is InChI=1S/C19H28N2O/c1-14(2)22-16-7-5-15(6-8-16)17-20-10-18(3)9-19(4,12-20)13-21(17)11-18/h5-8,14,17H,9-13H2,1-4H3/p+2. The van der Waals surface area contributed by atoms with E-state index in [-0.39, 0.29) is 6.10 Å². The molecule has 4 fully saturated rings. The number of hydrogen-bond acceptors (Lipinski definition) is 1. The van der Waals surface area contributed by atoms with Crippen molar-refractivity contribution >= 4 is 0 Å². The topological polar surface area (TPSA) is 18.1 Å². The number of nitrogens with one attached hydrogen (secondary N) is 2. The van der Waals surface area contributed by atoms with Crippen molar-refractivity contribution in [1.82, 2.24) is 0 Å². The lowest BCUT2D eigenvalue weighted by Crippen LogP contribution is -3.40. The van der Waals surface area contributed by atoms with Crippen molar-refractivity contribution in [2.45, 2.75) is 46.4 Å². The summed E-state index contributed by atoms with van der Waals surface area (Å²) in [5, 5.41) is 0. The first-order valence-electron chi connectivity index (χ1n) is 8.82. The SMILES string of the molecule is CC(C)Oc1ccc(C2[NH+]3CC4(C)C[NH+]2CC(C)(C3)C4)cc1. The highest BCUT2D eigenvalue weighted by molar-refractivity contribution is 5.28. The van der Waals surface area contributed by atoms with Crippen molar-refractivity contribution in [2.24, 2.45) is 10.8 Å². The fourth-order valence-electron chi connectivity index (χ4n) is 5.90. The van der Waals surface area contributed by atoms with Gasteiger partial charge in [-0.25, -0.2) is 0 Å². The molecular weight excluding hydrogens is 272 g/mol. The van der Waals surface area contributed by atoms with Gasteiger partial charge in [-0.3, -0.25) is 9.80 Å². The van der Waals surface area contributed by atoms with Gasteiger partial charge < -0.3 is 4.74 Å². The summed E-state index contributed by atoms with van der Waals surface area (Å²) in [6.45, 7) is 14.6. The van der Waals surface area contributed by atoms with E-state index in [0.29, 0.717) is 17.0 Å². The minimum absolute atomic E-state index is 0.246. The molecule has 4 bridgehead atoms. The predicted octanol–water partition coefficient (Wildman–Crippen LogP) is 0.686. The third kappa shape index (κ3) is 2.35. The average Bonchev–Trinajstić information content (AvgIpc) is 2.36. The van der Waals surface area contributed by atoms with Gasteiger partial charge in [0.2, 0.25) is 6.17 Å². The molecule has 5 rings (SSSR count). The number of quaternary nitrogens is 2. The van der Waals surface area contributed by atoms with Gasteiger partial charge in [0.05, 0.1) is 48.7 Å². The molecule has 2 N–H and O–H groups in total. The number of hydrogen-bond donors (Lipinski definition) is 2. The summed E-state index contributed by atoms with van der Waals surface area (Å²) in [6, 6.07) is 8.92. The monoisotopic (exact) mass is 302 g/mol. The Kier molecular flexibility index (Phi) is 3.11. The van der Waals surface area contributed by atoms with Crippen molar-refractivity contribution in [3.05, 3.63) is 29.8 Å². The Labute approximate surface area is 134 Å². The molecule has 0 aromatic heterocycles. The molecule has 0 amide bonds. The van der Waals surface area contributed by atoms with E-state index in [1.54, 1.807) is 9.80 Å². The highest BCUT2D eigenvalue weighted by Crippen LogP contribution is 2.39. The Morgan fingerprint density at radius 1 is 0.955 bits per heavy atom. The summed E-state index contributed by atoms with van der Waals surface area (Å²) in [7, 11) is 0. The molecule has 4 aliphatic heterocycles. The normalized spacial score (nSPS) is 42.9. The summed E-state index contributed by atoms with van der Waals surface area (Å²) < 4.78 is 5.79. The van der Waals surface area contributed by atoms with E-state index in [1.807, 2.05) is 0 Å². The number of piperidine rings is 2. The summed E-state index contributed by atoms with van der Waals surface area (Å²) in [6.07, 6.45) is 2.31. The van der Waals surface area contributed by atoms with E-state index in [4.69, 9.17) is 4.74 Å². The predicted molar refractivity (Wildman–Crippen MR) is 87.2 cm³/mol. The fourth-order valence-corrected chi connectivity index (χ4v) is 5.90. The molecule has 1 aromatic carbocycles. The van der Waals surface area contributed by atoms with Gasteiger partial charge in [-0.2, -0.15) is 0 Å². The zero-order valence-corrected chi connectivity index (χ0v) is 14.4. The Morgan fingerprint density at radius 2 is 1.45 bits per heavy atom. The summed E-state index contributed by atoms with van der Waals surface area (Å²) in [5.41, 5.74) is 2.62. The van der Waals surface area contributed by atoms with Crippen molar-refractivity contribution < 1.29 is 14.5 Å². The second kappa shape index (κ2) is 4.72. The molecule has 120 valence electrons. The summed E-state index contributed by atoms with van der Waals surface area (Å²) in [5.74, 6) is 0.997. The van der Waals surface area contributed by atoms with Crippen molar-refractivity contribution in [3.63, 3.8) is 0 Å². The van der Waals surface area contributed by atoms with Crippen LogP contribution in [-0.2, 0) is 0 Å². The van der Waals surface area contributed by atoms with Gasteiger partial charge >= 0.3 is 0 Å². The largest absolute Gasteiger partial charge is 0.491 e. The molecule has 0 spiro atoms. The van der Waals surface area contributed by atoms with E-state index in [0.717, 1.165) is 5.75 Å². The average molecular weight is 302 g/mol. The van der Waals surface area contributed by atoms with Gasteiger partial charge in [-0.05, 0) is 58.4 Å². The molecule has 0 atom stereocenters. The van der Waals surface area contributed by atoms with Crippen LogP contribution < -0.4 is 14.5 Å². The Morgan fingerprint density at radius 3 is 1.91 bits per heavy atom. The summed E-state index contributed by atoms with van der Waals surface area (Å²) >= 11 is 0. The van der Waals surface area contributed by atoms with E-state index in [9.17, 15) is 0 Å². The molecule has 0 aliphatic carbocycles. The maximum absolute atomic E-state index is 5.79. The van der Waals surface area contributed by atoms with Crippen molar-refractivity contribution in [3.8, 4) is 5.75 Å². The van der Waals surface area contributed by atoms with Crippen LogP contribution in [0.15, 0.2) is 24.3 Å². The molecule has 0 unspecified atom stereocenters. The molecule has 0 radical (unpaired) electrons. The van der Waals surface area contributed by atoms with Crippen LogP contribution in [0.25, 0.3) is 0 Å². The molecule has 1 aromatic rings. The first-order chi connectivity index (χ1) is 10.4. The third-order valence-electron chi connectivity index (χ3n) is 5.87. The molecular formula is C19H30N2O+2. The minimum Gasteiger partial charge on any atom is -0.491 e. The molecule has 0 saturated carbocycles. The Bertz CT molecular complexity index is 529. The van der Waals surface area contributed by atoms with Gasteiger partial charge in [-0.1, -0.05) is 0 Å². The zero-order chi connectivity index (χ0) is 15.5. The Balaban J connectivity index is 1.59. The van der Waals surface area contributed by atoms with E-state index >= 15 is 0 Å². The van der Waals surface area contributed by atoms with Crippen LogP contribution in [0, 0.1) is 10.8 Å². The van der Waals surface area contributed by atoms with Crippen LogP contribution in [0.2, 0.25) is 0 Å². The molecule has 3 nitrogen and oxygen atoms in total. The summed E-state index contributed by atoms with van der Waals surface area (Å²) in [4.78, 5) is 3.61. The van der Waals surface area contributed by atoms with Crippen LogP contribution in [0.4, 0.5) is 0 Å². The second-order valence-electron chi connectivity index (χ2n) is 8.99. The maximum atomic E-state index is 5.79. The van der Waals surface area contributed by atoms with Gasteiger partial charge in [0, 0.05) is 0 Å². The minimum atomic E-state index is 0.246. The molecule has 22 heavy (non-hydrogen) atoms. The quantitative estimate of drug-likeness (QED) is 0.841. The highest BCUT2D eigenvalue weighted by Gasteiger charge is 2.62. The van der Waals surface area contributed by atoms with Crippen LogP contribution in [0.1, 0.15) is 45.8 Å². The third-order valence-corrected chi connectivity index (χ3v) is 5.87. The fraction of sp³-hybridized carbons (Fsp3) is 0.684. The first kappa shape index (κ1) is 14.5. The maximum Gasteiger partial charge on any atom is 0.240 e. The number of benzene rings is 1. The Hall–Kier alpha value is -1.06. The molecule has 3 heteroatoms. The highest BCUT2D eigenvalue weighted by atomic mass is 16.5. The van der Waals surface area contributed by atoms with E-state index in [1.165, 1.54) is 38.2 Å². The number of rotatable bonds is 3. The van der Waals surface area contributed by atoms with Crippen LogP contribution in [0.5, 0.6) is 5.75 Å². The first-order valence-corrected chi connectivity index (χ1v) is 8.82. The molecule has 4 saturated heterocycles. The van der Waals surface area contributed by atoms with Crippen LogP contribution in [0.3, 0.4) is 0 Å². The van der Waals surface area contributed by atoms with Gasteiger partial charge in [-0.15, -0.1) is 0 Å². The molecule has 4 heterocycles. The van der Waals surface area contributed by atoms with Crippen LogP contribution in [-0.4, -0.2) is 32.3 Å². The second-order valence-corrected chi connectivity index (χ2v) is 8.99. The van der Waals surface area contributed by atoms with Crippen LogP contribution >= 0.6 is 0 Å². The van der Waals surface area contributed by atoms with Crippen molar-refractivity contribution in [1.29, 1.82) is 0 Å². The van der Waals surface area contributed by atoms with Gasteiger partial charge in [0.1, 0.15) is 5.75 Å². The number of ether oxygens (including phenoxy) is 1. The van der Waals surface area contributed by atoms with Crippen molar-refractivity contribution in [2.75, 3.05) is 26.2 Å². The smallest absolute Gasteiger partial charge is 0.240 e. The van der Waals surface area contributed by atoms with E-state index in [2.05, 4.69) is 52.0 Å². The lowest BCUT2D eigenvalue weighted by molar-refractivity contribution is -1.18. The van der Waals surface area contributed by atoms with Gasteiger partial charge in [0.15, 0.2) is 0 Å². The zero-order valence-electron chi connectivity index (χ0n) is 14.4. The lowest BCUT2D eigenvalue weighted by atomic mass is 9.63. The molecule has 4 aliphatic rings.